The monoisotopic (exact) mass is 449 g/mol. The van der Waals surface area contributed by atoms with Crippen LogP contribution in [-0.4, -0.2) is 28.7 Å². The molecular formula is C17H12IN3O4. The van der Waals surface area contributed by atoms with E-state index < -0.39 is 24.0 Å². The number of fused-ring (bicyclic) bond motifs is 1. The Balaban J connectivity index is 1.70. The third kappa shape index (κ3) is 4.02. The molecule has 0 aliphatic carbocycles. The van der Waals surface area contributed by atoms with Crippen molar-refractivity contribution < 1.29 is 14.3 Å². The third-order valence-electron chi connectivity index (χ3n) is 3.33. The van der Waals surface area contributed by atoms with Crippen LogP contribution in [0.1, 0.15) is 10.5 Å². The average molecular weight is 449 g/mol. The van der Waals surface area contributed by atoms with E-state index >= 15 is 0 Å². The van der Waals surface area contributed by atoms with Gasteiger partial charge in [-0.1, -0.05) is 24.3 Å². The SMILES string of the molecule is O=C(COC(=O)c1n[nH]c(=O)c2ccccc12)Nc1cccc(I)c1. The van der Waals surface area contributed by atoms with Crippen LogP contribution in [0.4, 0.5) is 5.69 Å². The molecule has 0 fully saturated rings. The first kappa shape index (κ1) is 17.1. The lowest BCUT2D eigenvalue weighted by Gasteiger charge is -2.07. The normalized spacial score (nSPS) is 10.4. The maximum atomic E-state index is 12.2. The largest absolute Gasteiger partial charge is 0.451 e. The highest BCUT2D eigenvalue weighted by molar-refractivity contribution is 14.1. The van der Waals surface area contributed by atoms with E-state index in [1.54, 1.807) is 42.5 Å². The number of ether oxygens (including phenoxy) is 1. The minimum atomic E-state index is -0.787. The molecule has 2 aromatic carbocycles. The molecule has 7 nitrogen and oxygen atoms in total. The summed E-state index contributed by atoms with van der Waals surface area (Å²) in [4.78, 5) is 35.8. The van der Waals surface area contributed by atoms with Crippen molar-refractivity contribution in [2.24, 2.45) is 0 Å². The molecule has 25 heavy (non-hydrogen) atoms. The maximum Gasteiger partial charge on any atom is 0.359 e. The van der Waals surface area contributed by atoms with E-state index in [1.165, 1.54) is 0 Å². The van der Waals surface area contributed by atoms with Gasteiger partial charge in [0.25, 0.3) is 11.5 Å². The number of carbonyl (C=O) groups is 2. The Morgan fingerprint density at radius 2 is 1.88 bits per heavy atom. The topological polar surface area (TPSA) is 101 Å². The molecule has 8 heteroatoms. The van der Waals surface area contributed by atoms with Gasteiger partial charge in [0.2, 0.25) is 0 Å². The van der Waals surface area contributed by atoms with Crippen molar-refractivity contribution in [2.75, 3.05) is 11.9 Å². The number of amides is 1. The quantitative estimate of drug-likeness (QED) is 0.471. The first-order valence-electron chi connectivity index (χ1n) is 7.24. The van der Waals surface area contributed by atoms with Crippen molar-refractivity contribution in [3.05, 3.63) is 68.1 Å². The summed E-state index contributed by atoms with van der Waals surface area (Å²) in [5.74, 6) is -1.26. The van der Waals surface area contributed by atoms with Gasteiger partial charge in [-0.15, -0.1) is 0 Å². The predicted octanol–water partition coefficient (Wildman–Crippen LogP) is 2.32. The molecule has 126 valence electrons. The number of benzene rings is 2. The van der Waals surface area contributed by atoms with Gasteiger partial charge in [0.05, 0.1) is 5.39 Å². The predicted molar refractivity (Wildman–Crippen MR) is 100 cm³/mol. The van der Waals surface area contributed by atoms with Gasteiger partial charge in [0, 0.05) is 14.6 Å². The fraction of sp³-hybridized carbons (Fsp3) is 0.0588. The number of hydrogen-bond donors (Lipinski definition) is 2. The second kappa shape index (κ2) is 7.43. The molecule has 0 atom stereocenters. The summed E-state index contributed by atoms with van der Waals surface area (Å²) in [6, 6.07) is 13.8. The van der Waals surface area contributed by atoms with Gasteiger partial charge < -0.3 is 10.1 Å². The van der Waals surface area contributed by atoms with Gasteiger partial charge in [0.1, 0.15) is 0 Å². The molecular weight excluding hydrogens is 437 g/mol. The number of aromatic nitrogens is 2. The van der Waals surface area contributed by atoms with Gasteiger partial charge in [-0.3, -0.25) is 9.59 Å². The maximum absolute atomic E-state index is 12.2. The van der Waals surface area contributed by atoms with Gasteiger partial charge >= 0.3 is 5.97 Å². The fourth-order valence-electron chi connectivity index (χ4n) is 2.23. The summed E-state index contributed by atoms with van der Waals surface area (Å²) in [6.07, 6.45) is 0. The molecule has 0 spiro atoms. The highest BCUT2D eigenvalue weighted by Crippen LogP contribution is 2.14. The van der Waals surface area contributed by atoms with Gasteiger partial charge in [-0.2, -0.15) is 5.10 Å². The second-order valence-corrected chi connectivity index (χ2v) is 6.33. The van der Waals surface area contributed by atoms with E-state index in [0.717, 1.165) is 3.57 Å². The Morgan fingerprint density at radius 3 is 2.64 bits per heavy atom. The highest BCUT2D eigenvalue weighted by Gasteiger charge is 2.16. The molecule has 1 heterocycles. The van der Waals surface area contributed by atoms with Crippen LogP contribution < -0.4 is 10.9 Å². The second-order valence-electron chi connectivity index (χ2n) is 5.08. The Bertz CT molecular complexity index is 1020. The van der Waals surface area contributed by atoms with E-state index in [-0.39, 0.29) is 5.69 Å². The lowest BCUT2D eigenvalue weighted by atomic mass is 10.1. The Kier molecular flexibility index (Phi) is 5.08. The van der Waals surface area contributed by atoms with Crippen LogP contribution in [0.5, 0.6) is 0 Å². The van der Waals surface area contributed by atoms with Gasteiger partial charge in [0.15, 0.2) is 12.3 Å². The molecule has 0 unspecified atom stereocenters. The zero-order valence-electron chi connectivity index (χ0n) is 12.8. The van der Waals surface area contributed by atoms with Crippen LogP contribution in [0.15, 0.2) is 53.3 Å². The molecule has 3 rings (SSSR count). The van der Waals surface area contributed by atoms with E-state index in [0.29, 0.717) is 16.5 Å². The standard InChI is InChI=1S/C17H12IN3O4/c18-10-4-3-5-11(8-10)19-14(22)9-25-17(24)15-12-6-1-2-7-13(12)16(23)21-20-15/h1-8H,9H2,(H,19,22)(H,21,23). The number of rotatable bonds is 4. The van der Waals surface area contributed by atoms with Crippen molar-refractivity contribution in [3.63, 3.8) is 0 Å². The van der Waals surface area contributed by atoms with Crippen molar-refractivity contribution in [2.45, 2.75) is 0 Å². The molecule has 0 bridgehead atoms. The lowest BCUT2D eigenvalue weighted by molar-refractivity contribution is -0.119. The Labute approximate surface area is 155 Å². The number of esters is 1. The molecule has 0 aliphatic rings. The van der Waals surface area contributed by atoms with Crippen LogP contribution in [0.25, 0.3) is 10.8 Å². The number of halogens is 1. The van der Waals surface area contributed by atoms with Crippen molar-refractivity contribution in [1.29, 1.82) is 0 Å². The van der Waals surface area contributed by atoms with Crippen LogP contribution in [-0.2, 0) is 9.53 Å². The number of hydrogen-bond acceptors (Lipinski definition) is 5. The van der Waals surface area contributed by atoms with Crippen molar-refractivity contribution in [3.8, 4) is 0 Å². The smallest absolute Gasteiger partial charge is 0.359 e. The number of nitrogens with one attached hydrogen (secondary N) is 2. The first-order valence-corrected chi connectivity index (χ1v) is 8.32. The van der Waals surface area contributed by atoms with Gasteiger partial charge in [-0.05, 0) is 46.9 Å². The summed E-state index contributed by atoms with van der Waals surface area (Å²) in [7, 11) is 0. The molecule has 2 N–H and O–H groups in total. The van der Waals surface area contributed by atoms with Crippen LogP contribution in [0.3, 0.4) is 0 Å². The van der Waals surface area contributed by atoms with Crippen LogP contribution in [0.2, 0.25) is 0 Å². The number of nitrogens with zero attached hydrogens (tertiary/aromatic N) is 1. The van der Waals surface area contributed by atoms with Crippen LogP contribution >= 0.6 is 22.6 Å². The number of carbonyl (C=O) groups excluding carboxylic acids is 2. The Morgan fingerprint density at radius 1 is 1.12 bits per heavy atom. The zero-order chi connectivity index (χ0) is 17.8. The molecule has 0 radical (unpaired) electrons. The third-order valence-corrected chi connectivity index (χ3v) is 4.00. The summed E-state index contributed by atoms with van der Waals surface area (Å²) in [5, 5.41) is 9.32. The summed E-state index contributed by atoms with van der Waals surface area (Å²) >= 11 is 2.13. The van der Waals surface area contributed by atoms with E-state index in [9.17, 15) is 14.4 Å². The molecule has 1 aromatic heterocycles. The number of aromatic amines is 1. The number of H-pyrrole nitrogens is 1. The summed E-state index contributed by atoms with van der Waals surface area (Å²) in [5.41, 5.74) is 0.168. The van der Waals surface area contributed by atoms with Crippen molar-refractivity contribution >= 4 is 50.9 Å². The molecule has 0 aliphatic heterocycles. The van der Waals surface area contributed by atoms with Crippen molar-refractivity contribution in [1.82, 2.24) is 10.2 Å². The van der Waals surface area contributed by atoms with E-state index in [1.807, 2.05) is 6.07 Å². The molecule has 0 saturated heterocycles. The van der Waals surface area contributed by atoms with Crippen LogP contribution in [0, 0.1) is 3.57 Å². The minimum Gasteiger partial charge on any atom is -0.451 e. The average Bonchev–Trinajstić information content (AvgIpc) is 2.60. The summed E-state index contributed by atoms with van der Waals surface area (Å²) < 4.78 is 5.97. The van der Waals surface area contributed by atoms with E-state index in [4.69, 9.17) is 4.74 Å². The number of anilines is 1. The molecule has 3 aromatic rings. The van der Waals surface area contributed by atoms with E-state index in [2.05, 4.69) is 38.1 Å². The molecule has 1 amide bonds. The Hall–Kier alpha value is -2.75. The molecule has 0 saturated carbocycles. The summed E-state index contributed by atoms with van der Waals surface area (Å²) in [6.45, 7) is -0.459. The van der Waals surface area contributed by atoms with Gasteiger partial charge in [-0.25, -0.2) is 9.89 Å². The zero-order valence-corrected chi connectivity index (χ0v) is 14.9. The minimum absolute atomic E-state index is 0.0442. The lowest BCUT2D eigenvalue weighted by Crippen LogP contribution is -2.22. The fourth-order valence-corrected chi connectivity index (χ4v) is 2.78. The highest BCUT2D eigenvalue weighted by atomic mass is 127. The first-order chi connectivity index (χ1) is 12.0.